The molecule has 0 unspecified atom stereocenters. The van der Waals surface area contributed by atoms with E-state index in [1.54, 1.807) is 6.07 Å². The normalized spacial score (nSPS) is 13.1. The number of aromatic nitrogens is 3. The Hall–Kier alpha value is -3.71. The van der Waals surface area contributed by atoms with Crippen LogP contribution in [-0.2, 0) is 29.0 Å². The lowest BCUT2D eigenvalue weighted by atomic mass is 10.1. The van der Waals surface area contributed by atoms with Crippen LogP contribution in [0.5, 0.6) is 0 Å². The fraction of sp³-hybridized carbons (Fsp3) is 0.240. The summed E-state index contributed by atoms with van der Waals surface area (Å²) in [7, 11) is 1.39. The van der Waals surface area contributed by atoms with E-state index in [0.717, 1.165) is 40.1 Å². The number of rotatable bonds is 5. The van der Waals surface area contributed by atoms with E-state index in [2.05, 4.69) is 17.4 Å². The van der Waals surface area contributed by atoms with E-state index >= 15 is 0 Å². The number of hydrogen-bond acceptors (Lipinski definition) is 6. The van der Waals surface area contributed by atoms with Crippen molar-refractivity contribution < 1.29 is 14.3 Å². The van der Waals surface area contributed by atoms with Crippen LogP contribution in [0.2, 0.25) is 0 Å². The van der Waals surface area contributed by atoms with Crippen molar-refractivity contribution in [1.29, 1.82) is 0 Å². The van der Waals surface area contributed by atoms with E-state index in [1.165, 1.54) is 12.7 Å². The van der Waals surface area contributed by atoms with Crippen LogP contribution in [0.25, 0.3) is 16.9 Å². The molecule has 0 saturated heterocycles. The number of anilines is 1. The molecule has 0 radical (unpaired) electrons. The van der Waals surface area contributed by atoms with Gasteiger partial charge in [-0.2, -0.15) is 4.98 Å². The number of benzene rings is 2. The van der Waals surface area contributed by atoms with Crippen LogP contribution >= 0.6 is 0 Å². The number of ether oxygens (including phenoxy) is 2. The molecule has 162 valence electrons. The summed E-state index contributed by atoms with van der Waals surface area (Å²) in [6.45, 7) is 3.77. The molecule has 7 nitrogen and oxygen atoms in total. The van der Waals surface area contributed by atoms with Crippen LogP contribution in [-0.4, -0.2) is 34.2 Å². The summed E-state index contributed by atoms with van der Waals surface area (Å²) in [6.07, 6.45) is 0.733. The van der Waals surface area contributed by atoms with Crippen LogP contribution in [0.4, 0.5) is 5.82 Å². The van der Waals surface area contributed by atoms with Crippen molar-refractivity contribution in [2.24, 2.45) is 0 Å². The van der Waals surface area contributed by atoms with E-state index in [9.17, 15) is 4.79 Å². The number of carbonyl (C=O) groups excluding carboxylic acids is 1. The quantitative estimate of drug-likeness (QED) is 0.480. The Morgan fingerprint density at radius 2 is 2.00 bits per heavy atom. The monoisotopic (exact) mass is 428 g/mol. The fourth-order valence-corrected chi connectivity index (χ4v) is 4.16. The number of hydrogen-bond donors (Lipinski definition) is 1. The van der Waals surface area contributed by atoms with Gasteiger partial charge in [0.1, 0.15) is 5.82 Å². The average molecular weight is 428 g/mol. The smallest absolute Gasteiger partial charge is 0.338 e. The SMILES string of the molecule is COC(=O)c1cccc2c1cc(C)n2-c1nc2c(c(NCc3ccccc3)n1)COCC2. The number of fused-ring (bicyclic) bond motifs is 2. The summed E-state index contributed by atoms with van der Waals surface area (Å²) in [5.41, 5.74) is 5.50. The Bertz CT molecular complexity index is 1300. The third-order valence-electron chi connectivity index (χ3n) is 5.75. The fourth-order valence-electron chi connectivity index (χ4n) is 4.16. The molecule has 0 atom stereocenters. The van der Waals surface area contributed by atoms with Crippen molar-refractivity contribution in [2.45, 2.75) is 26.5 Å². The molecule has 0 aliphatic carbocycles. The van der Waals surface area contributed by atoms with E-state index in [0.29, 0.717) is 31.3 Å². The molecular weight excluding hydrogens is 404 g/mol. The Labute approximate surface area is 186 Å². The molecular formula is C25H24N4O3. The number of aryl methyl sites for hydroxylation is 1. The second-order valence-electron chi connectivity index (χ2n) is 7.79. The van der Waals surface area contributed by atoms with Crippen LogP contribution in [0.15, 0.2) is 54.6 Å². The minimum absolute atomic E-state index is 0.360. The first-order chi connectivity index (χ1) is 15.7. The van der Waals surface area contributed by atoms with E-state index in [1.807, 2.05) is 47.9 Å². The van der Waals surface area contributed by atoms with E-state index in [-0.39, 0.29) is 5.97 Å². The number of esters is 1. The lowest BCUT2D eigenvalue weighted by Crippen LogP contribution is -2.19. The molecule has 4 aromatic rings. The predicted octanol–water partition coefficient (Wildman–Crippen LogP) is 4.20. The minimum Gasteiger partial charge on any atom is -0.465 e. The summed E-state index contributed by atoms with van der Waals surface area (Å²) in [4.78, 5) is 22.0. The third-order valence-corrected chi connectivity index (χ3v) is 5.75. The van der Waals surface area contributed by atoms with Gasteiger partial charge < -0.3 is 14.8 Å². The van der Waals surface area contributed by atoms with Crippen LogP contribution < -0.4 is 5.32 Å². The molecule has 0 spiro atoms. The summed E-state index contributed by atoms with van der Waals surface area (Å²) < 4.78 is 12.6. The van der Waals surface area contributed by atoms with Crippen molar-refractivity contribution in [3.63, 3.8) is 0 Å². The zero-order chi connectivity index (χ0) is 22.1. The van der Waals surface area contributed by atoms with Gasteiger partial charge in [0, 0.05) is 29.6 Å². The number of methoxy groups -OCH3 is 1. The molecule has 1 aliphatic rings. The molecule has 0 bridgehead atoms. The van der Waals surface area contributed by atoms with Gasteiger partial charge in [0.2, 0.25) is 5.95 Å². The second-order valence-corrected chi connectivity index (χ2v) is 7.79. The maximum atomic E-state index is 12.3. The van der Waals surface area contributed by atoms with Crippen molar-refractivity contribution in [3.05, 3.63) is 82.7 Å². The number of nitrogens with one attached hydrogen (secondary N) is 1. The Morgan fingerprint density at radius 1 is 1.16 bits per heavy atom. The van der Waals surface area contributed by atoms with Crippen molar-refractivity contribution >= 4 is 22.7 Å². The summed E-state index contributed by atoms with van der Waals surface area (Å²) >= 11 is 0. The molecule has 2 aromatic carbocycles. The van der Waals surface area contributed by atoms with Gasteiger partial charge in [-0.1, -0.05) is 36.4 Å². The standard InChI is InChI=1S/C25H24N4O3/c1-16-13-19-18(24(30)31-2)9-6-10-22(19)29(16)25-27-21-11-12-32-15-20(21)23(28-25)26-14-17-7-4-3-5-8-17/h3-10,13H,11-12,14-15H2,1-2H3,(H,26,27,28). The zero-order valence-corrected chi connectivity index (χ0v) is 18.1. The Morgan fingerprint density at radius 3 is 2.81 bits per heavy atom. The largest absolute Gasteiger partial charge is 0.465 e. The van der Waals surface area contributed by atoms with Gasteiger partial charge in [0.25, 0.3) is 0 Å². The van der Waals surface area contributed by atoms with Gasteiger partial charge in [-0.3, -0.25) is 4.57 Å². The van der Waals surface area contributed by atoms with Gasteiger partial charge in [-0.25, -0.2) is 9.78 Å². The van der Waals surface area contributed by atoms with Crippen molar-refractivity contribution in [1.82, 2.24) is 14.5 Å². The first-order valence-electron chi connectivity index (χ1n) is 10.6. The first-order valence-corrected chi connectivity index (χ1v) is 10.6. The predicted molar refractivity (Wildman–Crippen MR) is 122 cm³/mol. The Balaban J connectivity index is 1.62. The molecule has 0 amide bonds. The van der Waals surface area contributed by atoms with E-state index in [4.69, 9.17) is 19.4 Å². The molecule has 1 N–H and O–H groups in total. The molecule has 7 heteroatoms. The highest BCUT2D eigenvalue weighted by molar-refractivity contribution is 6.04. The maximum absolute atomic E-state index is 12.3. The summed E-state index contributed by atoms with van der Waals surface area (Å²) in [6, 6.07) is 17.8. The lowest BCUT2D eigenvalue weighted by molar-refractivity contribution is 0.0603. The molecule has 3 heterocycles. The minimum atomic E-state index is -0.360. The molecule has 0 saturated carbocycles. The summed E-state index contributed by atoms with van der Waals surface area (Å²) in [5, 5.41) is 4.30. The highest BCUT2D eigenvalue weighted by Crippen LogP contribution is 2.29. The van der Waals surface area contributed by atoms with Gasteiger partial charge in [0.15, 0.2) is 0 Å². The lowest BCUT2D eigenvalue weighted by Gasteiger charge is -2.21. The Kier molecular flexibility index (Phi) is 5.33. The molecule has 5 rings (SSSR count). The van der Waals surface area contributed by atoms with Crippen LogP contribution in [0, 0.1) is 6.92 Å². The van der Waals surface area contributed by atoms with Crippen LogP contribution in [0.1, 0.15) is 32.9 Å². The average Bonchev–Trinajstić information content (AvgIpc) is 3.18. The first kappa shape index (κ1) is 20.2. The molecule has 2 aromatic heterocycles. The molecule has 1 aliphatic heterocycles. The van der Waals surface area contributed by atoms with Gasteiger partial charge in [0.05, 0.1) is 37.1 Å². The summed E-state index contributed by atoms with van der Waals surface area (Å²) in [5.74, 6) is 0.996. The van der Waals surface area contributed by atoms with Gasteiger partial charge in [-0.05, 0) is 30.7 Å². The van der Waals surface area contributed by atoms with Crippen LogP contribution in [0.3, 0.4) is 0 Å². The second kappa shape index (κ2) is 8.43. The van der Waals surface area contributed by atoms with E-state index < -0.39 is 0 Å². The topological polar surface area (TPSA) is 78.3 Å². The maximum Gasteiger partial charge on any atom is 0.338 e. The highest BCUT2D eigenvalue weighted by Gasteiger charge is 2.22. The van der Waals surface area contributed by atoms with Gasteiger partial charge in [-0.15, -0.1) is 0 Å². The van der Waals surface area contributed by atoms with Gasteiger partial charge >= 0.3 is 5.97 Å². The highest BCUT2D eigenvalue weighted by atomic mass is 16.5. The molecule has 32 heavy (non-hydrogen) atoms. The number of carbonyl (C=O) groups is 1. The molecule has 0 fully saturated rings. The number of nitrogens with zero attached hydrogens (tertiary/aromatic N) is 3. The third kappa shape index (κ3) is 3.61. The van der Waals surface area contributed by atoms with Crippen molar-refractivity contribution in [3.8, 4) is 5.95 Å². The zero-order valence-electron chi connectivity index (χ0n) is 18.1. The van der Waals surface area contributed by atoms with Crippen molar-refractivity contribution in [2.75, 3.05) is 19.0 Å².